The maximum absolute atomic E-state index is 11.9. The number of hydrogen-bond donors (Lipinski definition) is 0. The van der Waals surface area contributed by atoms with Crippen molar-refractivity contribution in [3.63, 3.8) is 0 Å². The standard InChI is InChI=1S/C13H22O2/c1-7-8-9-10(13(9,5)6)11(14)15-12(2,3)4/h7-10H,1-6H3/b8-7-. The van der Waals surface area contributed by atoms with Crippen molar-refractivity contribution in [2.45, 2.75) is 47.1 Å². The molecule has 1 rings (SSSR count). The summed E-state index contributed by atoms with van der Waals surface area (Å²) in [5, 5.41) is 0. The molecule has 0 aromatic heterocycles. The predicted molar refractivity (Wildman–Crippen MR) is 61.4 cm³/mol. The van der Waals surface area contributed by atoms with Crippen LogP contribution >= 0.6 is 0 Å². The summed E-state index contributed by atoms with van der Waals surface area (Å²) in [6, 6.07) is 0. The molecule has 0 heterocycles. The monoisotopic (exact) mass is 210 g/mol. The van der Waals surface area contributed by atoms with Crippen LogP contribution in [-0.2, 0) is 9.53 Å². The van der Waals surface area contributed by atoms with Gasteiger partial charge in [-0.15, -0.1) is 0 Å². The average molecular weight is 210 g/mol. The molecule has 0 saturated heterocycles. The molecule has 2 heteroatoms. The molecule has 1 saturated carbocycles. The number of carbonyl (C=O) groups is 1. The molecule has 0 bridgehead atoms. The molecule has 0 radical (unpaired) electrons. The maximum Gasteiger partial charge on any atom is 0.310 e. The van der Waals surface area contributed by atoms with E-state index in [4.69, 9.17) is 4.74 Å². The van der Waals surface area contributed by atoms with Crippen LogP contribution in [0.15, 0.2) is 12.2 Å². The molecule has 86 valence electrons. The van der Waals surface area contributed by atoms with E-state index in [1.54, 1.807) is 0 Å². The highest BCUT2D eigenvalue weighted by molar-refractivity contribution is 5.78. The molecule has 0 amide bonds. The zero-order valence-electron chi connectivity index (χ0n) is 10.6. The van der Waals surface area contributed by atoms with Crippen molar-refractivity contribution in [1.82, 2.24) is 0 Å². The third-order valence-electron chi connectivity index (χ3n) is 2.97. The Balaban J connectivity index is 2.64. The first-order valence-electron chi connectivity index (χ1n) is 5.56. The Morgan fingerprint density at radius 1 is 1.33 bits per heavy atom. The molecule has 1 fully saturated rings. The van der Waals surface area contributed by atoms with E-state index in [9.17, 15) is 4.79 Å². The molecule has 0 aliphatic heterocycles. The van der Waals surface area contributed by atoms with Gasteiger partial charge in [-0.05, 0) is 39.0 Å². The normalized spacial score (nSPS) is 29.2. The van der Waals surface area contributed by atoms with Gasteiger partial charge in [-0.25, -0.2) is 0 Å². The lowest BCUT2D eigenvalue weighted by Gasteiger charge is -2.19. The first-order chi connectivity index (χ1) is 6.70. The number of ether oxygens (including phenoxy) is 1. The van der Waals surface area contributed by atoms with Crippen LogP contribution in [0.3, 0.4) is 0 Å². The molecule has 1 aliphatic rings. The van der Waals surface area contributed by atoms with Gasteiger partial charge in [-0.3, -0.25) is 4.79 Å². The van der Waals surface area contributed by atoms with E-state index < -0.39 is 0 Å². The summed E-state index contributed by atoms with van der Waals surface area (Å²) in [6.07, 6.45) is 4.12. The molecule has 2 unspecified atom stereocenters. The quantitative estimate of drug-likeness (QED) is 0.517. The Labute approximate surface area is 92.7 Å². The molecule has 0 spiro atoms. The fraction of sp³-hybridized carbons (Fsp3) is 0.769. The minimum absolute atomic E-state index is 0.0351. The van der Waals surface area contributed by atoms with Crippen molar-refractivity contribution in [1.29, 1.82) is 0 Å². The van der Waals surface area contributed by atoms with Crippen LogP contribution in [0.5, 0.6) is 0 Å². The van der Waals surface area contributed by atoms with Crippen LogP contribution in [0.2, 0.25) is 0 Å². The van der Waals surface area contributed by atoms with Crippen molar-refractivity contribution in [3.8, 4) is 0 Å². The molecule has 0 N–H and O–H groups in total. The minimum Gasteiger partial charge on any atom is -0.460 e. The summed E-state index contributed by atoms with van der Waals surface area (Å²) in [6.45, 7) is 11.9. The fourth-order valence-corrected chi connectivity index (χ4v) is 2.06. The Kier molecular flexibility index (Phi) is 2.99. The molecular weight excluding hydrogens is 188 g/mol. The molecule has 0 aromatic rings. The molecule has 15 heavy (non-hydrogen) atoms. The highest BCUT2D eigenvalue weighted by Crippen LogP contribution is 2.59. The van der Waals surface area contributed by atoms with Gasteiger partial charge < -0.3 is 4.74 Å². The first-order valence-corrected chi connectivity index (χ1v) is 5.56. The predicted octanol–water partition coefficient (Wildman–Crippen LogP) is 3.18. The van der Waals surface area contributed by atoms with Crippen molar-refractivity contribution < 1.29 is 9.53 Å². The van der Waals surface area contributed by atoms with E-state index in [-0.39, 0.29) is 22.9 Å². The van der Waals surface area contributed by atoms with Crippen LogP contribution in [0.25, 0.3) is 0 Å². The third-order valence-corrected chi connectivity index (χ3v) is 2.97. The van der Waals surface area contributed by atoms with Gasteiger partial charge in [0.2, 0.25) is 0 Å². The van der Waals surface area contributed by atoms with Crippen LogP contribution < -0.4 is 0 Å². The summed E-state index contributed by atoms with van der Waals surface area (Å²) in [5.41, 5.74) is -0.314. The second kappa shape index (κ2) is 3.66. The largest absolute Gasteiger partial charge is 0.460 e. The number of esters is 1. The minimum atomic E-state index is -0.379. The summed E-state index contributed by atoms with van der Waals surface area (Å²) in [5.74, 6) is 0.320. The van der Waals surface area contributed by atoms with E-state index in [2.05, 4.69) is 19.9 Å². The average Bonchev–Trinajstić information content (AvgIpc) is 2.50. The van der Waals surface area contributed by atoms with E-state index in [1.165, 1.54) is 0 Å². The first kappa shape index (κ1) is 12.3. The van der Waals surface area contributed by atoms with Crippen molar-refractivity contribution in [2.24, 2.45) is 17.3 Å². The van der Waals surface area contributed by atoms with Crippen LogP contribution in [0.4, 0.5) is 0 Å². The lowest BCUT2D eigenvalue weighted by Crippen LogP contribution is -2.26. The van der Waals surface area contributed by atoms with Gasteiger partial charge in [0, 0.05) is 0 Å². The Hall–Kier alpha value is -0.790. The Morgan fingerprint density at radius 3 is 2.27 bits per heavy atom. The van der Waals surface area contributed by atoms with Crippen LogP contribution in [0, 0.1) is 17.3 Å². The van der Waals surface area contributed by atoms with E-state index >= 15 is 0 Å². The molecule has 2 atom stereocenters. The number of carbonyl (C=O) groups excluding carboxylic acids is 1. The molecule has 2 nitrogen and oxygen atoms in total. The summed E-state index contributed by atoms with van der Waals surface area (Å²) in [4.78, 5) is 11.9. The lowest BCUT2D eigenvalue weighted by atomic mass is 10.1. The van der Waals surface area contributed by atoms with Gasteiger partial charge in [-0.1, -0.05) is 26.0 Å². The second-order valence-corrected chi connectivity index (χ2v) is 5.88. The SMILES string of the molecule is C/C=C\C1C(C(=O)OC(C)(C)C)C1(C)C. The van der Waals surface area contributed by atoms with Crippen molar-refractivity contribution in [3.05, 3.63) is 12.2 Å². The van der Waals surface area contributed by atoms with Crippen molar-refractivity contribution >= 4 is 5.97 Å². The summed E-state index contributed by atoms with van der Waals surface area (Å²) < 4.78 is 5.40. The molecule has 1 aliphatic carbocycles. The second-order valence-electron chi connectivity index (χ2n) is 5.88. The zero-order valence-corrected chi connectivity index (χ0v) is 10.6. The van der Waals surface area contributed by atoms with E-state index in [0.29, 0.717) is 5.92 Å². The topological polar surface area (TPSA) is 26.3 Å². The Bertz CT molecular complexity index is 281. The third kappa shape index (κ3) is 2.61. The van der Waals surface area contributed by atoms with Gasteiger partial charge in [0.05, 0.1) is 5.92 Å². The van der Waals surface area contributed by atoms with Crippen LogP contribution in [0.1, 0.15) is 41.5 Å². The van der Waals surface area contributed by atoms with E-state index in [0.717, 1.165) is 0 Å². The number of rotatable bonds is 2. The van der Waals surface area contributed by atoms with Gasteiger partial charge >= 0.3 is 5.97 Å². The van der Waals surface area contributed by atoms with Gasteiger partial charge in [0.25, 0.3) is 0 Å². The maximum atomic E-state index is 11.9. The highest BCUT2D eigenvalue weighted by Gasteiger charge is 2.61. The lowest BCUT2D eigenvalue weighted by molar-refractivity contribution is -0.157. The summed E-state index contributed by atoms with van der Waals surface area (Å²) >= 11 is 0. The molecule has 0 aromatic carbocycles. The fourth-order valence-electron chi connectivity index (χ4n) is 2.06. The highest BCUT2D eigenvalue weighted by atomic mass is 16.6. The van der Waals surface area contributed by atoms with Gasteiger partial charge in [0.1, 0.15) is 5.60 Å². The van der Waals surface area contributed by atoms with Gasteiger partial charge in [-0.2, -0.15) is 0 Å². The van der Waals surface area contributed by atoms with E-state index in [1.807, 2.05) is 33.8 Å². The Morgan fingerprint density at radius 2 is 1.87 bits per heavy atom. The van der Waals surface area contributed by atoms with Crippen molar-refractivity contribution in [2.75, 3.05) is 0 Å². The zero-order chi connectivity index (χ0) is 11.9. The smallest absolute Gasteiger partial charge is 0.310 e. The van der Waals surface area contributed by atoms with Crippen LogP contribution in [-0.4, -0.2) is 11.6 Å². The summed E-state index contributed by atoms with van der Waals surface area (Å²) in [7, 11) is 0. The number of allylic oxidation sites excluding steroid dienone is 2. The molecular formula is C13H22O2. The number of hydrogen-bond acceptors (Lipinski definition) is 2. The van der Waals surface area contributed by atoms with Gasteiger partial charge in [0.15, 0.2) is 0 Å².